The number of nitrogens with one attached hydrogen (secondary N) is 1. The Balaban J connectivity index is 2.34. The summed E-state index contributed by atoms with van der Waals surface area (Å²) in [7, 11) is 0. The van der Waals surface area contributed by atoms with Crippen molar-refractivity contribution < 1.29 is 0 Å². The van der Waals surface area contributed by atoms with Crippen molar-refractivity contribution in [2.24, 2.45) is 0 Å². The molecular weight excluding hydrogens is 283 g/mol. The van der Waals surface area contributed by atoms with E-state index in [4.69, 9.17) is 28.9 Å². The Morgan fingerprint density at radius 1 is 1.16 bits per heavy atom. The highest BCUT2D eigenvalue weighted by Gasteiger charge is 2.09. The second-order valence-corrected chi connectivity index (χ2v) is 4.99. The summed E-state index contributed by atoms with van der Waals surface area (Å²) in [6.07, 6.45) is 3.20. The molecule has 0 saturated carbocycles. The van der Waals surface area contributed by atoms with E-state index in [1.807, 2.05) is 0 Å². The number of halogens is 2. The maximum absolute atomic E-state index is 5.97. The summed E-state index contributed by atoms with van der Waals surface area (Å²) in [5, 5.41) is 4.31. The quantitative estimate of drug-likeness (QED) is 0.893. The van der Waals surface area contributed by atoms with Crippen LogP contribution in [-0.2, 0) is 6.42 Å². The number of hydrogen-bond acceptors (Lipinski definition) is 4. The molecule has 0 aliphatic rings. The summed E-state index contributed by atoms with van der Waals surface area (Å²) in [4.78, 5) is 8.23. The van der Waals surface area contributed by atoms with Gasteiger partial charge in [0.1, 0.15) is 18.0 Å². The van der Waals surface area contributed by atoms with E-state index in [-0.39, 0.29) is 0 Å². The molecule has 0 spiro atoms. The lowest BCUT2D eigenvalue weighted by Crippen LogP contribution is -2.05. The van der Waals surface area contributed by atoms with Gasteiger partial charge in [-0.2, -0.15) is 0 Å². The first-order valence-electron chi connectivity index (χ1n) is 5.92. The lowest BCUT2D eigenvalue weighted by Gasteiger charge is -2.12. The number of rotatable bonds is 4. The van der Waals surface area contributed by atoms with Gasteiger partial charge in [-0.15, -0.1) is 0 Å². The molecule has 3 N–H and O–H groups in total. The van der Waals surface area contributed by atoms with Crippen LogP contribution in [0.2, 0.25) is 10.0 Å². The molecule has 0 aliphatic carbocycles. The van der Waals surface area contributed by atoms with Gasteiger partial charge in [-0.3, -0.25) is 0 Å². The van der Waals surface area contributed by atoms with Crippen LogP contribution in [0.3, 0.4) is 0 Å². The highest BCUT2D eigenvalue weighted by molar-refractivity contribution is 6.35. The van der Waals surface area contributed by atoms with Gasteiger partial charge in [0.15, 0.2) is 0 Å². The second kappa shape index (κ2) is 6.08. The highest BCUT2D eigenvalue weighted by atomic mass is 35.5. The Morgan fingerprint density at radius 2 is 1.84 bits per heavy atom. The monoisotopic (exact) mass is 296 g/mol. The van der Waals surface area contributed by atoms with Gasteiger partial charge < -0.3 is 11.1 Å². The number of nitrogen functional groups attached to an aromatic ring is 1. The number of nitrogens with two attached hydrogens (primary N) is 1. The van der Waals surface area contributed by atoms with Crippen LogP contribution >= 0.6 is 23.2 Å². The third-order valence-electron chi connectivity index (χ3n) is 2.60. The third-order valence-corrected chi connectivity index (χ3v) is 3.04. The average Bonchev–Trinajstić information content (AvgIpc) is 2.32. The lowest BCUT2D eigenvalue weighted by atomic mass is 10.1. The molecule has 0 unspecified atom stereocenters. The van der Waals surface area contributed by atoms with Gasteiger partial charge >= 0.3 is 0 Å². The fraction of sp³-hybridized carbons (Fsp3) is 0.231. The zero-order valence-corrected chi connectivity index (χ0v) is 12.0. The van der Waals surface area contributed by atoms with Crippen LogP contribution in [0.15, 0.2) is 24.5 Å². The van der Waals surface area contributed by atoms with Gasteiger partial charge in [-0.05, 0) is 24.6 Å². The van der Waals surface area contributed by atoms with Gasteiger partial charge in [0.2, 0.25) is 0 Å². The smallest absolute Gasteiger partial charge is 0.139 e. The topological polar surface area (TPSA) is 63.8 Å². The maximum atomic E-state index is 5.97. The van der Waals surface area contributed by atoms with Crippen molar-refractivity contribution in [3.8, 4) is 0 Å². The molecule has 0 fully saturated rings. The van der Waals surface area contributed by atoms with E-state index < -0.39 is 0 Å². The zero-order chi connectivity index (χ0) is 13.8. The molecule has 4 nitrogen and oxygen atoms in total. The summed E-state index contributed by atoms with van der Waals surface area (Å²) < 4.78 is 0. The summed E-state index contributed by atoms with van der Waals surface area (Å²) in [5.41, 5.74) is 7.55. The molecule has 19 heavy (non-hydrogen) atoms. The van der Waals surface area contributed by atoms with Crippen LogP contribution in [-0.4, -0.2) is 9.97 Å². The SMILES string of the molecule is CCCc1c(N)ncnc1Nc1cc(Cl)cc(Cl)c1. The minimum atomic E-state index is 0.493. The number of anilines is 3. The van der Waals surface area contributed by atoms with Crippen molar-refractivity contribution >= 4 is 40.5 Å². The van der Waals surface area contributed by atoms with Gasteiger partial charge in [0.25, 0.3) is 0 Å². The zero-order valence-electron chi connectivity index (χ0n) is 10.5. The summed E-state index contributed by atoms with van der Waals surface area (Å²) >= 11 is 11.9. The highest BCUT2D eigenvalue weighted by Crippen LogP contribution is 2.27. The minimum absolute atomic E-state index is 0.493. The molecule has 100 valence electrons. The molecule has 0 bridgehead atoms. The fourth-order valence-electron chi connectivity index (χ4n) is 1.79. The summed E-state index contributed by atoms with van der Waals surface area (Å²) in [5.74, 6) is 1.18. The first-order chi connectivity index (χ1) is 9.10. The Kier molecular flexibility index (Phi) is 4.45. The van der Waals surface area contributed by atoms with E-state index in [1.165, 1.54) is 6.33 Å². The number of aromatic nitrogens is 2. The summed E-state index contributed by atoms with van der Waals surface area (Å²) in [6.45, 7) is 2.08. The van der Waals surface area contributed by atoms with Crippen LogP contribution in [0.5, 0.6) is 0 Å². The van der Waals surface area contributed by atoms with Crippen molar-refractivity contribution in [1.82, 2.24) is 9.97 Å². The van der Waals surface area contributed by atoms with E-state index >= 15 is 0 Å². The van der Waals surface area contributed by atoms with Crippen LogP contribution in [0.25, 0.3) is 0 Å². The number of nitrogens with zero attached hydrogens (tertiary/aromatic N) is 2. The van der Waals surface area contributed by atoms with Crippen molar-refractivity contribution in [3.05, 3.63) is 40.1 Å². The molecular formula is C13H14Cl2N4. The molecule has 2 rings (SSSR count). The number of hydrogen-bond donors (Lipinski definition) is 2. The van der Waals surface area contributed by atoms with E-state index in [0.717, 1.165) is 24.1 Å². The number of benzene rings is 1. The van der Waals surface area contributed by atoms with Gasteiger partial charge in [0, 0.05) is 21.3 Å². The van der Waals surface area contributed by atoms with E-state index in [1.54, 1.807) is 18.2 Å². The fourth-order valence-corrected chi connectivity index (χ4v) is 2.32. The van der Waals surface area contributed by atoms with Crippen molar-refractivity contribution in [2.45, 2.75) is 19.8 Å². The predicted octanol–water partition coefficient (Wildman–Crippen LogP) is 4.06. The molecule has 0 atom stereocenters. The van der Waals surface area contributed by atoms with Crippen LogP contribution in [0.1, 0.15) is 18.9 Å². The second-order valence-electron chi connectivity index (χ2n) is 4.12. The largest absolute Gasteiger partial charge is 0.383 e. The Bertz CT molecular complexity index is 567. The molecule has 1 heterocycles. The lowest BCUT2D eigenvalue weighted by molar-refractivity contribution is 0.908. The molecule has 0 aliphatic heterocycles. The van der Waals surface area contributed by atoms with Crippen molar-refractivity contribution in [2.75, 3.05) is 11.1 Å². The molecule has 1 aromatic carbocycles. The first kappa shape index (κ1) is 13.9. The van der Waals surface area contributed by atoms with Crippen LogP contribution in [0.4, 0.5) is 17.3 Å². The maximum Gasteiger partial charge on any atom is 0.139 e. The minimum Gasteiger partial charge on any atom is -0.383 e. The Hall–Kier alpha value is -1.52. The van der Waals surface area contributed by atoms with Crippen LogP contribution < -0.4 is 11.1 Å². The molecule has 1 aromatic heterocycles. The van der Waals surface area contributed by atoms with Crippen molar-refractivity contribution in [1.29, 1.82) is 0 Å². The average molecular weight is 297 g/mol. The molecule has 0 radical (unpaired) electrons. The van der Waals surface area contributed by atoms with Crippen LogP contribution in [0, 0.1) is 0 Å². The molecule has 0 saturated heterocycles. The Morgan fingerprint density at radius 3 is 2.47 bits per heavy atom. The summed E-state index contributed by atoms with van der Waals surface area (Å²) in [6, 6.07) is 5.23. The Labute approximate surface area is 122 Å². The predicted molar refractivity (Wildman–Crippen MR) is 80.2 cm³/mol. The van der Waals surface area contributed by atoms with E-state index in [2.05, 4.69) is 22.2 Å². The molecule has 6 heteroatoms. The standard InChI is InChI=1S/C13H14Cl2N4/c1-2-3-11-12(16)17-7-18-13(11)19-10-5-8(14)4-9(15)6-10/h4-7H,2-3H2,1H3,(H3,16,17,18,19). The molecule has 0 amide bonds. The first-order valence-corrected chi connectivity index (χ1v) is 6.68. The van der Waals surface area contributed by atoms with E-state index in [0.29, 0.717) is 21.7 Å². The normalized spacial score (nSPS) is 10.5. The van der Waals surface area contributed by atoms with Gasteiger partial charge in [-0.1, -0.05) is 36.5 Å². The van der Waals surface area contributed by atoms with Gasteiger partial charge in [0.05, 0.1) is 0 Å². The van der Waals surface area contributed by atoms with Gasteiger partial charge in [-0.25, -0.2) is 9.97 Å². The van der Waals surface area contributed by atoms with E-state index in [9.17, 15) is 0 Å². The molecule has 2 aromatic rings. The third kappa shape index (κ3) is 3.49. The van der Waals surface area contributed by atoms with Crippen molar-refractivity contribution in [3.63, 3.8) is 0 Å².